The molecule has 1 N–H and O–H groups in total. The van der Waals surface area contributed by atoms with Crippen LogP contribution in [0.2, 0.25) is 0 Å². The lowest BCUT2D eigenvalue weighted by molar-refractivity contribution is 0.238. The van der Waals surface area contributed by atoms with Gasteiger partial charge >= 0.3 is 11.8 Å². The molecule has 7 nitrogen and oxygen atoms in total. The Bertz CT molecular complexity index is 839. The quantitative estimate of drug-likeness (QED) is 0.886. The zero-order chi connectivity index (χ0) is 16.4. The van der Waals surface area contributed by atoms with E-state index in [1.165, 1.54) is 6.26 Å². The molecule has 0 aliphatic heterocycles. The maximum absolute atomic E-state index is 12.1. The van der Waals surface area contributed by atoms with E-state index in [9.17, 15) is 13.2 Å². The first kappa shape index (κ1) is 15.8. The molecule has 8 heteroatoms. The van der Waals surface area contributed by atoms with Crippen molar-refractivity contribution < 1.29 is 17.7 Å². The summed E-state index contributed by atoms with van der Waals surface area (Å²) in [5, 5.41) is 2.96. The molecule has 1 unspecified atom stereocenters. The van der Waals surface area contributed by atoms with Crippen molar-refractivity contribution in [2.45, 2.75) is 24.5 Å². The molecule has 0 radical (unpaired) electrons. The molecule has 0 spiro atoms. The van der Waals surface area contributed by atoms with Gasteiger partial charge in [0, 0.05) is 6.26 Å². The van der Waals surface area contributed by atoms with E-state index in [1.807, 2.05) is 24.3 Å². The number of sulfone groups is 1. The van der Waals surface area contributed by atoms with E-state index in [1.54, 1.807) is 0 Å². The van der Waals surface area contributed by atoms with Gasteiger partial charge in [0.25, 0.3) is 0 Å². The Labute approximate surface area is 133 Å². The highest BCUT2D eigenvalue weighted by molar-refractivity contribution is 7.90. The minimum absolute atomic E-state index is 0.0471. The third-order valence-corrected chi connectivity index (χ3v) is 5.64. The van der Waals surface area contributed by atoms with Crippen LogP contribution in [0.1, 0.15) is 29.2 Å². The minimum Gasteiger partial charge on any atom is -0.463 e. The van der Waals surface area contributed by atoms with Gasteiger partial charge in [0.15, 0.2) is 9.84 Å². The van der Waals surface area contributed by atoms with Crippen molar-refractivity contribution in [3.63, 3.8) is 0 Å². The number of rotatable bonds is 5. The number of H-pyrrole nitrogens is 1. The monoisotopic (exact) mass is 338 g/mol. The molecule has 23 heavy (non-hydrogen) atoms. The highest BCUT2D eigenvalue weighted by Crippen LogP contribution is 2.39. The average Bonchev–Trinajstić information content (AvgIpc) is 2.91. The van der Waals surface area contributed by atoms with E-state index in [4.69, 9.17) is 4.74 Å². The number of benzene rings is 1. The molecule has 0 saturated carbocycles. The Morgan fingerprint density at radius 3 is 2.87 bits per heavy atom. The number of ether oxygens (including phenoxy) is 1. The number of hydrogen-bond acceptors (Lipinski definition) is 6. The molecule has 1 aliphatic rings. The third kappa shape index (κ3) is 3.64. The fourth-order valence-electron chi connectivity index (χ4n) is 3.08. The number of aromatic nitrogens is 2. The highest BCUT2D eigenvalue weighted by atomic mass is 32.2. The first-order valence-electron chi connectivity index (χ1n) is 7.39. The third-order valence-electron chi connectivity index (χ3n) is 4.16. The largest absolute Gasteiger partial charge is 0.463 e. The Morgan fingerprint density at radius 1 is 1.39 bits per heavy atom. The summed E-state index contributed by atoms with van der Waals surface area (Å²) in [6, 6.07) is 7.73. The van der Waals surface area contributed by atoms with Crippen molar-refractivity contribution in [1.82, 2.24) is 10.1 Å². The summed E-state index contributed by atoms with van der Waals surface area (Å²) < 4.78 is 33.9. The van der Waals surface area contributed by atoms with E-state index in [-0.39, 0.29) is 11.9 Å². The van der Waals surface area contributed by atoms with Crippen molar-refractivity contribution in [1.29, 1.82) is 0 Å². The Hall–Kier alpha value is -2.09. The summed E-state index contributed by atoms with van der Waals surface area (Å²) in [6.07, 6.45) is 3.36. The molecule has 3 rings (SSSR count). The molecule has 124 valence electrons. The number of nitrogens with one attached hydrogen (secondary N) is 1. The number of fused-ring (bicyclic) bond motifs is 1. The van der Waals surface area contributed by atoms with Gasteiger partial charge in [-0.05, 0) is 41.5 Å². The number of nitrogens with zero attached hydrogens (tertiary/aromatic N) is 1. The molecule has 1 aliphatic carbocycles. The SMILES string of the molecule is CS(=O)(=O)C1C[C@H](CCOc2noc(=O)[nH]2)Cc2ccccc21. The van der Waals surface area contributed by atoms with Crippen LogP contribution in [0.3, 0.4) is 0 Å². The summed E-state index contributed by atoms with van der Waals surface area (Å²) in [5.41, 5.74) is 1.99. The normalized spacial score (nSPS) is 20.9. The Balaban J connectivity index is 1.69. The van der Waals surface area contributed by atoms with Crippen LogP contribution in [0, 0.1) is 5.92 Å². The topological polar surface area (TPSA) is 102 Å². The van der Waals surface area contributed by atoms with Gasteiger partial charge < -0.3 is 4.74 Å². The standard InChI is InChI=1S/C15H18N2O5S/c1-23(19,20)13-9-10(8-11-4-2-3-5-12(11)13)6-7-21-14-16-15(18)22-17-14/h2-5,10,13H,6-9H2,1H3,(H,16,17,18)/t10-,13?/m1/s1. The number of hydrogen-bond donors (Lipinski definition) is 1. The molecule has 0 amide bonds. The zero-order valence-corrected chi connectivity index (χ0v) is 13.5. The lowest BCUT2D eigenvalue weighted by Gasteiger charge is -2.30. The first-order valence-corrected chi connectivity index (χ1v) is 9.34. The molecule has 0 bridgehead atoms. The lowest BCUT2D eigenvalue weighted by atomic mass is 9.82. The highest BCUT2D eigenvalue weighted by Gasteiger charge is 2.32. The van der Waals surface area contributed by atoms with Crippen LogP contribution >= 0.6 is 0 Å². The van der Waals surface area contributed by atoms with Crippen LogP contribution in [0.25, 0.3) is 0 Å². The molecule has 0 fully saturated rings. The van der Waals surface area contributed by atoms with E-state index in [0.29, 0.717) is 19.4 Å². The van der Waals surface area contributed by atoms with Gasteiger partial charge in [-0.1, -0.05) is 24.3 Å². The van der Waals surface area contributed by atoms with E-state index in [2.05, 4.69) is 14.7 Å². The van der Waals surface area contributed by atoms with Crippen molar-refractivity contribution in [2.24, 2.45) is 5.92 Å². The smallest absolute Gasteiger partial charge is 0.441 e. The van der Waals surface area contributed by atoms with Gasteiger partial charge in [-0.15, -0.1) is 0 Å². The van der Waals surface area contributed by atoms with Gasteiger partial charge in [-0.3, -0.25) is 4.52 Å². The molecule has 2 aromatic rings. The minimum atomic E-state index is -3.16. The molecule has 1 aromatic heterocycles. The molecular weight excluding hydrogens is 320 g/mol. The summed E-state index contributed by atoms with van der Waals surface area (Å²) in [6.45, 7) is 0.339. The fourth-order valence-corrected chi connectivity index (χ4v) is 4.40. The van der Waals surface area contributed by atoms with Gasteiger partial charge in [-0.25, -0.2) is 18.2 Å². The molecular formula is C15H18N2O5S. The summed E-state index contributed by atoms with van der Waals surface area (Å²) in [7, 11) is -3.16. The number of aromatic amines is 1. The van der Waals surface area contributed by atoms with Crippen LogP contribution in [0.4, 0.5) is 0 Å². The zero-order valence-electron chi connectivity index (χ0n) is 12.7. The second-order valence-electron chi connectivity index (χ2n) is 5.86. The molecule has 0 saturated heterocycles. The molecule has 1 aromatic carbocycles. The molecule has 2 atom stereocenters. The summed E-state index contributed by atoms with van der Waals surface area (Å²) >= 11 is 0. The van der Waals surface area contributed by atoms with Crippen molar-refractivity contribution >= 4 is 9.84 Å². The van der Waals surface area contributed by atoms with Crippen LogP contribution in [-0.2, 0) is 16.3 Å². The predicted octanol–water partition coefficient (Wildman–Crippen LogP) is 1.48. The van der Waals surface area contributed by atoms with Crippen molar-refractivity contribution in [3.05, 3.63) is 45.9 Å². The van der Waals surface area contributed by atoms with Crippen LogP contribution < -0.4 is 10.5 Å². The fraction of sp³-hybridized carbons (Fsp3) is 0.467. The van der Waals surface area contributed by atoms with Crippen LogP contribution in [-0.4, -0.2) is 31.4 Å². The average molecular weight is 338 g/mol. The Kier molecular flexibility index (Phi) is 4.25. The van der Waals surface area contributed by atoms with Gasteiger partial charge in [0.2, 0.25) is 0 Å². The van der Waals surface area contributed by atoms with E-state index < -0.39 is 20.8 Å². The summed E-state index contributed by atoms with van der Waals surface area (Å²) in [4.78, 5) is 13.1. The predicted molar refractivity (Wildman–Crippen MR) is 83.1 cm³/mol. The van der Waals surface area contributed by atoms with E-state index >= 15 is 0 Å². The van der Waals surface area contributed by atoms with Crippen molar-refractivity contribution in [3.8, 4) is 6.01 Å². The van der Waals surface area contributed by atoms with E-state index in [0.717, 1.165) is 17.5 Å². The maximum atomic E-state index is 12.1. The Morgan fingerprint density at radius 2 is 2.17 bits per heavy atom. The molecule has 1 heterocycles. The van der Waals surface area contributed by atoms with Crippen molar-refractivity contribution in [2.75, 3.05) is 12.9 Å². The van der Waals surface area contributed by atoms with Gasteiger partial charge in [0.05, 0.1) is 11.9 Å². The summed E-state index contributed by atoms with van der Waals surface area (Å²) in [5.74, 6) is -0.466. The first-order chi connectivity index (χ1) is 10.9. The second-order valence-corrected chi connectivity index (χ2v) is 8.09. The second kappa shape index (κ2) is 6.19. The van der Waals surface area contributed by atoms with Crippen LogP contribution in [0.5, 0.6) is 6.01 Å². The maximum Gasteiger partial charge on any atom is 0.441 e. The van der Waals surface area contributed by atoms with Gasteiger partial charge in [-0.2, -0.15) is 0 Å². The lowest BCUT2D eigenvalue weighted by Crippen LogP contribution is -2.25. The van der Waals surface area contributed by atoms with Crippen LogP contribution in [0.15, 0.2) is 33.6 Å². The van der Waals surface area contributed by atoms with Gasteiger partial charge in [0.1, 0.15) is 0 Å².